The van der Waals surface area contributed by atoms with E-state index in [1.807, 2.05) is 18.2 Å². The predicted octanol–water partition coefficient (Wildman–Crippen LogP) is 3.04. The molecule has 0 spiro atoms. The summed E-state index contributed by atoms with van der Waals surface area (Å²) in [5, 5.41) is 0. The Morgan fingerprint density at radius 3 is 3.00 bits per heavy atom. The molecule has 0 bridgehead atoms. The van der Waals surface area contributed by atoms with Gasteiger partial charge in [0.15, 0.2) is 0 Å². The van der Waals surface area contributed by atoms with E-state index in [9.17, 15) is 0 Å². The van der Waals surface area contributed by atoms with Crippen LogP contribution in [0.2, 0.25) is 0 Å². The first-order valence-corrected chi connectivity index (χ1v) is 4.93. The first kappa shape index (κ1) is 8.11. The highest BCUT2D eigenvalue weighted by molar-refractivity contribution is 9.10. The van der Waals surface area contributed by atoms with Gasteiger partial charge >= 0.3 is 0 Å². The standard InChI is InChI=1S/C10H10BrO/c11-9-2-1-3-10(6-9)12-7-8-4-5-8/h2-3,6,8H,4-5,7H2. The molecule has 1 saturated carbocycles. The maximum Gasteiger partial charge on any atom is 0.121 e. The number of ether oxygens (including phenoxy) is 1. The van der Waals surface area contributed by atoms with Gasteiger partial charge in [-0.15, -0.1) is 0 Å². The second-order valence-corrected chi connectivity index (χ2v) is 4.06. The normalized spacial score (nSPS) is 16.1. The van der Waals surface area contributed by atoms with E-state index in [1.54, 1.807) is 0 Å². The Morgan fingerprint density at radius 2 is 2.33 bits per heavy atom. The fourth-order valence-corrected chi connectivity index (χ4v) is 1.36. The summed E-state index contributed by atoms with van der Waals surface area (Å²) in [6.45, 7) is 0.865. The number of halogens is 1. The van der Waals surface area contributed by atoms with E-state index in [-0.39, 0.29) is 0 Å². The SMILES string of the molecule is Brc1c[c]cc(OCC2CC2)c1. The van der Waals surface area contributed by atoms with E-state index in [2.05, 4.69) is 22.0 Å². The van der Waals surface area contributed by atoms with Gasteiger partial charge in [0.05, 0.1) is 6.61 Å². The predicted molar refractivity (Wildman–Crippen MR) is 51.2 cm³/mol. The van der Waals surface area contributed by atoms with E-state index in [1.165, 1.54) is 12.8 Å². The van der Waals surface area contributed by atoms with E-state index < -0.39 is 0 Å². The molecule has 1 aromatic rings. The third-order valence-electron chi connectivity index (χ3n) is 1.91. The molecule has 1 aliphatic carbocycles. The quantitative estimate of drug-likeness (QED) is 0.769. The van der Waals surface area contributed by atoms with E-state index in [4.69, 9.17) is 4.74 Å². The van der Waals surface area contributed by atoms with Gasteiger partial charge in [-0.2, -0.15) is 0 Å². The van der Waals surface area contributed by atoms with Crippen LogP contribution >= 0.6 is 15.9 Å². The molecule has 0 aromatic heterocycles. The minimum Gasteiger partial charge on any atom is -0.493 e. The van der Waals surface area contributed by atoms with Gasteiger partial charge < -0.3 is 4.74 Å². The molecule has 1 radical (unpaired) electrons. The van der Waals surface area contributed by atoms with Crippen molar-refractivity contribution in [1.82, 2.24) is 0 Å². The summed E-state index contributed by atoms with van der Waals surface area (Å²) in [5.74, 6) is 1.72. The molecular formula is C10H10BrO. The first-order chi connectivity index (χ1) is 5.84. The van der Waals surface area contributed by atoms with Gasteiger partial charge in [-0.05, 0) is 43.0 Å². The second-order valence-electron chi connectivity index (χ2n) is 3.14. The highest BCUT2D eigenvalue weighted by Crippen LogP contribution is 2.29. The summed E-state index contributed by atoms with van der Waals surface area (Å²) in [6.07, 6.45) is 2.66. The van der Waals surface area contributed by atoms with Crippen LogP contribution in [0.3, 0.4) is 0 Å². The molecular weight excluding hydrogens is 216 g/mol. The lowest BCUT2D eigenvalue weighted by Crippen LogP contribution is -1.98. The van der Waals surface area contributed by atoms with Crippen molar-refractivity contribution in [2.75, 3.05) is 6.61 Å². The molecule has 0 unspecified atom stereocenters. The number of rotatable bonds is 3. The van der Waals surface area contributed by atoms with Gasteiger partial charge in [0, 0.05) is 4.47 Å². The van der Waals surface area contributed by atoms with Crippen LogP contribution in [-0.2, 0) is 0 Å². The molecule has 0 N–H and O–H groups in total. The lowest BCUT2D eigenvalue weighted by Gasteiger charge is -2.04. The van der Waals surface area contributed by atoms with E-state index >= 15 is 0 Å². The molecule has 1 aliphatic rings. The van der Waals surface area contributed by atoms with Gasteiger partial charge in [-0.25, -0.2) is 0 Å². The Labute approximate surface area is 80.9 Å². The Hall–Kier alpha value is -0.500. The highest BCUT2D eigenvalue weighted by atomic mass is 79.9. The molecule has 0 heterocycles. The van der Waals surface area contributed by atoms with Gasteiger partial charge in [-0.3, -0.25) is 0 Å². The molecule has 2 heteroatoms. The Kier molecular flexibility index (Phi) is 2.35. The molecule has 0 atom stereocenters. The maximum atomic E-state index is 5.55. The lowest BCUT2D eigenvalue weighted by atomic mass is 10.3. The smallest absolute Gasteiger partial charge is 0.121 e. The second kappa shape index (κ2) is 3.48. The van der Waals surface area contributed by atoms with Gasteiger partial charge in [0.25, 0.3) is 0 Å². The number of hydrogen-bond donors (Lipinski definition) is 0. The fraction of sp³-hybridized carbons (Fsp3) is 0.400. The largest absolute Gasteiger partial charge is 0.493 e. The zero-order valence-electron chi connectivity index (χ0n) is 6.72. The average Bonchev–Trinajstić information content (AvgIpc) is 2.84. The zero-order valence-corrected chi connectivity index (χ0v) is 8.30. The van der Waals surface area contributed by atoms with Crippen molar-refractivity contribution in [1.29, 1.82) is 0 Å². The number of hydrogen-bond acceptors (Lipinski definition) is 1. The van der Waals surface area contributed by atoms with Gasteiger partial charge in [-0.1, -0.05) is 15.9 Å². The molecule has 0 aliphatic heterocycles. The van der Waals surface area contributed by atoms with E-state index in [0.29, 0.717) is 0 Å². The molecule has 1 nitrogen and oxygen atoms in total. The van der Waals surface area contributed by atoms with Crippen LogP contribution in [0.1, 0.15) is 12.8 Å². The van der Waals surface area contributed by atoms with Crippen molar-refractivity contribution in [2.24, 2.45) is 5.92 Å². The molecule has 1 aromatic carbocycles. The van der Waals surface area contributed by atoms with Crippen molar-refractivity contribution < 1.29 is 4.74 Å². The molecule has 1 fully saturated rings. The topological polar surface area (TPSA) is 9.23 Å². The summed E-state index contributed by atoms with van der Waals surface area (Å²) in [5.41, 5.74) is 0. The third kappa shape index (κ3) is 2.24. The first-order valence-electron chi connectivity index (χ1n) is 4.14. The van der Waals surface area contributed by atoms with Crippen molar-refractivity contribution in [2.45, 2.75) is 12.8 Å². The Morgan fingerprint density at radius 1 is 1.50 bits per heavy atom. The Bertz CT molecular complexity index is 268. The summed E-state index contributed by atoms with van der Waals surface area (Å²) in [7, 11) is 0. The molecule has 12 heavy (non-hydrogen) atoms. The van der Waals surface area contributed by atoms with Gasteiger partial charge in [0.2, 0.25) is 0 Å². The van der Waals surface area contributed by atoms with Crippen molar-refractivity contribution in [3.05, 3.63) is 28.7 Å². The molecule has 63 valence electrons. The maximum absolute atomic E-state index is 5.55. The third-order valence-corrected chi connectivity index (χ3v) is 2.37. The van der Waals surface area contributed by atoms with Crippen LogP contribution in [0.5, 0.6) is 5.75 Å². The molecule has 0 amide bonds. The number of benzene rings is 1. The summed E-state index contributed by atoms with van der Waals surface area (Å²) >= 11 is 3.37. The average molecular weight is 226 g/mol. The van der Waals surface area contributed by atoms with Gasteiger partial charge in [0.1, 0.15) is 5.75 Å². The van der Waals surface area contributed by atoms with E-state index in [0.717, 1.165) is 22.7 Å². The van der Waals surface area contributed by atoms with Crippen LogP contribution in [0.25, 0.3) is 0 Å². The zero-order chi connectivity index (χ0) is 8.39. The Balaban J connectivity index is 1.92. The summed E-state index contributed by atoms with van der Waals surface area (Å²) < 4.78 is 6.57. The summed E-state index contributed by atoms with van der Waals surface area (Å²) in [6, 6.07) is 8.72. The van der Waals surface area contributed by atoms with Crippen molar-refractivity contribution in [3.8, 4) is 5.75 Å². The van der Waals surface area contributed by atoms with Crippen LogP contribution in [0, 0.1) is 12.0 Å². The minimum absolute atomic E-state index is 0.809. The summed E-state index contributed by atoms with van der Waals surface area (Å²) in [4.78, 5) is 0. The van der Waals surface area contributed by atoms with Crippen molar-refractivity contribution in [3.63, 3.8) is 0 Å². The van der Waals surface area contributed by atoms with Crippen LogP contribution in [0.15, 0.2) is 22.7 Å². The van der Waals surface area contributed by atoms with Crippen LogP contribution in [-0.4, -0.2) is 6.61 Å². The van der Waals surface area contributed by atoms with Crippen LogP contribution < -0.4 is 4.74 Å². The highest BCUT2D eigenvalue weighted by Gasteiger charge is 2.21. The molecule has 0 saturated heterocycles. The molecule has 2 rings (SSSR count). The van der Waals surface area contributed by atoms with Crippen molar-refractivity contribution >= 4 is 15.9 Å². The fourth-order valence-electron chi connectivity index (χ4n) is 1.00. The lowest BCUT2D eigenvalue weighted by molar-refractivity contribution is 0.299. The van der Waals surface area contributed by atoms with Crippen LogP contribution in [0.4, 0.5) is 0 Å². The minimum atomic E-state index is 0.809. The monoisotopic (exact) mass is 225 g/mol.